The van der Waals surface area contributed by atoms with Crippen LogP contribution >= 0.6 is 12.6 Å². The molecule has 0 nitrogen and oxygen atoms in total. The molecule has 0 saturated carbocycles. The first kappa shape index (κ1) is 11.4. The summed E-state index contributed by atoms with van der Waals surface area (Å²) in [5.41, 5.74) is 0. The van der Waals surface area contributed by atoms with Gasteiger partial charge in [0.15, 0.2) is 0 Å². The molecule has 68 valence electrons. The molecule has 0 aromatic carbocycles. The summed E-state index contributed by atoms with van der Waals surface area (Å²) in [4.78, 5) is 0. The van der Waals surface area contributed by atoms with Crippen LogP contribution in [0.5, 0.6) is 0 Å². The van der Waals surface area contributed by atoms with Gasteiger partial charge in [0, 0.05) is 5.25 Å². The monoisotopic (exact) mass is 174 g/mol. The highest BCUT2D eigenvalue weighted by Crippen LogP contribution is 2.20. The highest BCUT2D eigenvalue weighted by atomic mass is 32.1. The fraction of sp³-hybridized carbons (Fsp3) is 1.00. The second kappa shape index (κ2) is 7.02. The molecule has 0 amide bonds. The van der Waals surface area contributed by atoms with Crippen LogP contribution in [0.1, 0.15) is 52.9 Å². The average molecular weight is 174 g/mol. The van der Waals surface area contributed by atoms with E-state index in [1.165, 1.54) is 32.1 Å². The van der Waals surface area contributed by atoms with Crippen molar-refractivity contribution in [3.63, 3.8) is 0 Å². The van der Waals surface area contributed by atoms with Gasteiger partial charge in [0.25, 0.3) is 0 Å². The van der Waals surface area contributed by atoms with E-state index in [0.29, 0.717) is 5.25 Å². The molecule has 0 bridgehead atoms. The predicted molar refractivity (Wildman–Crippen MR) is 56.4 cm³/mol. The molecule has 1 heteroatoms. The van der Waals surface area contributed by atoms with Crippen LogP contribution < -0.4 is 0 Å². The number of hydrogen-bond donors (Lipinski definition) is 1. The van der Waals surface area contributed by atoms with E-state index in [0.717, 1.165) is 5.92 Å². The van der Waals surface area contributed by atoms with Crippen LogP contribution in [0, 0.1) is 5.92 Å². The maximum atomic E-state index is 4.56. The second-order valence-corrected chi connectivity index (χ2v) is 4.09. The van der Waals surface area contributed by atoms with Gasteiger partial charge in [0.2, 0.25) is 0 Å². The molecule has 11 heavy (non-hydrogen) atoms. The molecule has 0 saturated heterocycles. The molecule has 0 spiro atoms. The largest absolute Gasteiger partial charge is 0.176 e. The first-order valence-electron chi connectivity index (χ1n) is 4.92. The number of thiol groups is 1. The van der Waals surface area contributed by atoms with Gasteiger partial charge in [0.05, 0.1) is 0 Å². The van der Waals surface area contributed by atoms with Gasteiger partial charge < -0.3 is 0 Å². The average Bonchev–Trinajstić information content (AvgIpc) is 2.01. The fourth-order valence-electron chi connectivity index (χ4n) is 1.46. The molecule has 0 radical (unpaired) electrons. The van der Waals surface area contributed by atoms with Crippen LogP contribution in [0.15, 0.2) is 0 Å². The Balaban J connectivity index is 3.44. The minimum Gasteiger partial charge on any atom is -0.176 e. The molecule has 0 heterocycles. The van der Waals surface area contributed by atoms with Crippen molar-refractivity contribution in [3.8, 4) is 0 Å². The topological polar surface area (TPSA) is 0 Å². The summed E-state index contributed by atoms with van der Waals surface area (Å²) in [5.74, 6) is 0.907. The lowest BCUT2D eigenvalue weighted by Gasteiger charge is -2.16. The fourth-order valence-corrected chi connectivity index (χ4v) is 2.01. The van der Waals surface area contributed by atoms with Crippen LogP contribution in [0.4, 0.5) is 0 Å². The van der Waals surface area contributed by atoms with Crippen molar-refractivity contribution < 1.29 is 0 Å². The van der Waals surface area contributed by atoms with E-state index in [-0.39, 0.29) is 0 Å². The normalized spacial score (nSPS) is 13.9. The quantitative estimate of drug-likeness (QED) is 0.580. The van der Waals surface area contributed by atoms with Gasteiger partial charge in [-0.3, -0.25) is 0 Å². The molecule has 0 aliphatic carbocycles. The maximum Gasteiger partial charge on any atom is 0.00193 e. The van der Waals surface area contributed by atoms with E-state index in [1.807, 2.05) is 0 Å². The third-order valence-electron chi connectivity index (χ3n) is 2.38. The standard InChI is InChI=1S/C10H22S/c1-4-7-10(11)8-9(5-2)6-3/h9-11H,4-8H2,1-3H3/t10-/m1/s1. The molecule has 0 aromatic rings. The summed E-state index contributed by atoms with van der Waals surface area (Å²) in [7, 11) is 0. The highest BCUT2D eigenvalue weighted by Gasteiger charge is 2.08. The lowest BCUT2D eigenvalue weighted by molar-refractivity contribution is 0.440. The Bertz CT molecular complexity index is 76.9. The lowest BCUT2D eigenvalue weighted by Crippen LogP contribution is -2.06. The Morgan fingerprint density at radius 1 is 1.09 bits per heavy atom. The number of hydrogen-bond acceptors (Lipinski definition) is 1. The van der Waals surface area contributed by atoms with Crippen molar-refractivity contribution in [3.05, 3.63) is 0 Å². The van der Waals surface area contributed by atoms with Crippen LogP contribution in [0.2, 0.25) is 0 Å². The zero-order valence-electron chi connectivity index (χ0n) is 8.14. The van der Waals surface area contributed by atoms with Gasteiger partial charge in [0.1, 0.15) is 0 Å². The molecule has 0 aromatic heterocycles. The van der Waals surface area contributed by atoms with Crippen molar-refractivity contribution in [1.29, 1.82) is 0 Å². The molecular weight excluding hydrogens is 152 g/mol. The summed E-state index contributed by atoms with van der Waals surface area (Å²) in [6.07, 6.45) is 6.49. The van der Waals surface area contributed by atoms with Gasteiger partial charge >= 0.3 is 0 Å². The Hall–Kier alpha value is 0.350. The van der Waals surface area contributed by atoms with E-state index in [4.69, 9.17) is 0 Å². The molecule has 0 fully saturated rings. The lowest BCUT2D eigenvalue weighted by atomic mass is 9.96. The number of rotatable bonds is 6. The van der Waals surface area contributed by atoms with E-state index in [1.54, 1.807) is 0 Å². The summed E-state index contributed by atoms with van der Waals surface area (Å²) >= 11 is 4.56. The van der Waals surface area contributed by atoms with E-state index in [2.05, 4.69) is 33.4 Å². The molecule has 0 aliphatic rings. The summed E-state index contributed by atoms with van der Waals surface area (Å²) < 4.78 is 0. The van der Waals surface area contributed by atoms with Crippen LogP contribution in [0.3, 0.4) is 0 Å². The van der Waals surface area contributed by atoms with Crippen molar-refractivity contribution >= 4 is 12.6 Å². The first-order valence-corrected chi connectivity index (χ1v) is 5.44. The predicted octanol–water partition coefficient (Wildman–Crippen LogP) is 3.91. The Morgan fingerprint density at radius 3 is 2.00 bits per heavy atom. The minimum absolute atomic E-state index is 0.643. The Kier molecular flexibility index (Phi) is 7.25. The smallest absolute Gasteiger partial charge is 0.00193 e. The van der Waals surface area contributed by atoms with Crippen LogP contribution in [0.25, 0.3) is 0 Å². The van der Waals surface area contributed by atoms with E-state index >= 15 is 0 Å². The second-order valence-electron chi connectivity index (χ2n) is 3.36. The zero-order valence-corrected chi connectivity index (χ0v) is 9.03. The van der Waals surface area contributed by atoms with Crippen molar-refractivity contribution in [2.45, 2.75) is 58.1 Å². The van der Waals surface area contributed by atoms with E-state index in [9.17, 15) is 0 Å². The van der Waals surface area contributed by atoms with Crippen molar-refractivity contribution in [2.75, 3.05) is 0 Å². The summed E-state index contributed by atoms with van der Waals surface area (Å²) in [6.45, 7) is 6.79. The highest BCUT2D eigenvalue weighted by molar-refractivity contribution is 7.80. The van der Waals surface area contributed by atoms with Gasteiger partial charge in [-0.15, -0.1) is 0 Å². The zero-order chi connectivity index (χ0) is 8.69. The van der Waals surface area contributed by atoms with Crippen LogP contribution in [-0.2, 0) is 0 Å². The molecule has 0 N–H and O–H groups in total. The van der Waals surface area contributed by atoms with Crippen molar-refractivity contribution in [1.82, 2.24) is 0 Å². The summed E-state index contributed by atoms with van der Waals surface area (Å²) in [5, 5.41) is 0.643. The molecule has 0 unspecified atom stereocenters. The van der Waals surface area contributed by atoms with E-state index < -0.39 is 0 Å². The van der Waals surface area contributed by atoms with Gasteiger partial charge in [-0.2, -0.15) is 12.6 Å². The first-order chi connectivity index (χ1) is 5.24. The molecule has 1 atom stereocenters. The minimum atomic E-state index is 0.643. The molecule has 0 aliphatic heterocycles. The molecule has 0 rings (SSSR count). The third kappa shape index (κ3) is 5.60. The summed E-state index contributed by atoms with van der Waals surface area (Å²) in [6, 6.07) is 0. The maximum absolute atomic E-state index is 4.56. The van der Waals surface area contributed by atoms with Gasteiger partial charge in [-0.25, -0.2) is 0 Å². The van der Waals surface area contributed by atoms with Gasteiger partial charge in [-0.05, 0) is 18.8 Å². The molecular formula is C10H22S. The van der Waals surface area contributed by atoms with Crippen LogP contribution in [-0.4, -0.2) is 5.25 Å². The third-order valence-corrected chi connectivity index (χ3v) is 2.85. The Labute approximate surface area is 77.2 Å². The Morgan fingerprint density at radius 2 is 1.64 bits per heavy atom. The van der Waals surface area contributed by atoms with Gasteiger partial charge in [-0.1, -0.05) is 40.0 Å². The van der Waals surface area contributed by atoms with Crippen molar-refractivity contribution in [2.24, 2.45) is 5.92 Å². The SMILES string of the molecule is CCC[C@@H](S)CC(CC)CC.